The maximum Gasteiger partial charge on any atom is 0.425 e. The highest BCUT2D eigenvalue weighted by atomic mass is 35.5. The molecule has 0 aliphatic carbocycles. The van der Waals surface area contributed by atoms with Gasteiger partial charge in [0.1, 0.15) is 22.9 Å². The van der Waals surface area contributed by atoms with Crippen molar-refractivity contribution in [3.8, 4) is 5.75 Å². The lowest BCUT2D eigenvalue weighted by molar-refractivity contribution is -0.164. The van der Waals surface area contributed by atoms with Crippen molar-refractivity contribution in [3.63, 3.8) is 0 Å². The van der Waals surface area contributed by atoms with Gasteiger partial charge in [0.2, 0.25) is 5.60 Å². The van der Waals surface area contributed by atoms with Crippen molar-refractivity contribution in [1.82, 2.24) is 14.8 Å². The summed E-state index contributed by atoms with van der Waals surface area (Å²) in [5.41, 5.74) is -2.89. The van der Waals surface area contributed by atoms with E-state index in [4.69, 9.17) is 21.1 Å². The first-order valence-electron chi connectivity index (χ1n) is 15.6. The van der Waals surface area contributed by atoms with Crippen LogP contribution < -0.4 is 4.74 Å². The van der Waals surface area contributed by atoms with Crippen LogP contribution in [0.3, 0.4) is 0 Å². The molecule has 2 aliphatic heterocycles. The Bertz CT molecular complexity index is 1740. The Labute approximate surface area is 291 Å². The number of fused-ring (bicyclic) bond motifs is 1. The molecule has 0 bridgehead atoms. The molecule has 1 aromatic carbocycles. The van der Waals surface area contributed by atoms with E-state index in [0.717, 1.165) is 40.2 Å². The first-order chi connectivity index (χ1) is 23.6. The van der Waals surface area contributed by atoms with E-state index in [2.05, 4.69) is 4.98 Å². The largest absolute Gasteiger partial charge is 0.480 e. The van der Waals surface area contributed by atoms with Crippen LogP contribution in [0.15, 0.2) is 48.0 Å². The molecule has 2 aromatic heterocycles. The molecule has 1 N–H and O–H groups in total. The maximum atomic E-state index is 15.1. The zero-order chi connectivity index (χ0) is 36.4. The van der Waals surface area contributed by atoms with Gasteiger partial charge in [-0.25, -0.2) is 4.79 Å². The van der Waals surface area contributed by atoms with Crippen LogP contribution in [0.4, 0.5) is 26.3 Å². The van der Waals surface area contributed by atoms with Crippen LogP contribution in [0.2, 0.25) is 5.02 Å². The number of amides is 2. The Morgan fingerprint density at radius 1 is 1.08 bits per heavy atom. The molecule has 0 spiro atoms. The first kappa shape index (κ1) is 37.4. The molecule has 1 fully saturated rings. The summed E-state index contributed by atoms with van der Waals surface area (Å²) in [5.74, 6) is -3.42. The van der Waals surface area contributed by atoms with Gasteiger partial charge >= 0.3 is 18.3 Å². The minimum atomic E-state index is -4.93. The lowest BCUT2D eigenvalue weighted by Gasteiger charge is -2.51. The number of carboxylic acid groups (broad SMARTS) is 1. The number of ether oxygens (including phenoxy) is 2. The van der Waals surface area contributed by atoms with Crippen LogP contribution in [-0.4, -0.2) is 75.6 Å². The van der Waals surface area contributed by atoms with E-state index in [9.17, 15) is 41.0 Å². The van der Waals surface area contributed by atoms with Crippen molar-refractivity contribution in [2.75, 3.05) is 26.3 Å². The summed E-state index contributed by atoms with van der Waals surface area (Å²) in [6.45, 7) is 0.693. The summed E-state index contributed by atoms with van der Waals surface area (Å²) in [4.78, 5) is 45.7. The second kappa shape index (κ2) is 14.8. The number of thiophene rings is 1. The van der Waals surface area contributed by atoms with Gasteiger partial charge in [0.25, 0.3) is 11.8 Å². The zero-order valence-corrected chi connectivity index (χ0v) is 28.1. The number of alkyl halides is 6. The fraction of sp³-hybridized carbons (Fsp3) is 0.455. The van der Waals surface area contributed by atoms with Gasteiger partial charge in [-0.2, -0.15) is 26.3 Å². The van der Waals surface area contributed by atoms with Gasteiger partial charge in [-0.15, -0.1) is 11.3 Å². The molecule has 3 atom stereocenters. The van der Waals surface area contributed by atoms with Crippen molar-refractivity contribution >= 4 is 40.7 Å². The molecule has 3 aromatic rings. The topological polar surface area (TPSA) is 109 Å². The number of piperidine rings is 1. The number of benzene rings is 1. The Morgan fingerprint density at radius 2 is 1.84 bits per heavy atom. The van der Waals surface area contributed by atoms with E-state index in [1.807, 2.05) is 0 Å². The van der Waals surface area contributed by atoms with Crippen LogP contribution in [-0.2, 0) is 33.1 Å². The highest BCUT2D eigenvalue weighted by Gasteiger charge is 2.57. The second-order valence-electron chi connectivity index (χ2n) is 12.0. The number of halogens is 7. The monoisotopic (exact) mass is 747 g/mol. The van der Waals surface area contributed by atoms with Crippen molar-refractivity contribution in [1.29, 1.82) is 0 Å². The van der Waals surface area contributed by atoms with Crippen LogP contribution >= 0.6 is 22.9 Å². The van der Waals surface area contributed by atoms with Gasteiger partial charge in [0.15, 0.2) is 0 Å². The Hall–Kier alpha value is -3.89. The highest BCUT2D eigenvalue weighted by Crippen LogP contribution is 2.44. The van der Waals surface area contributed by atoms with E-state index >= 15 is 4.79 Å². The number of pyridine rings is 1. The van der Waals surface area contributed by atoms with Gasteiger partial charge in [-0.1, -0.05) is 31.0 Å². The van der Waals surface area contributed by atoms with E-state index in [0.29, 0.717) is 28.3 Å². The van der Waals surface area contributed by atoms with Gasteiger partial charge in [-0.3, -0.25) is 14.6 Å². The lowest BCUT2D eigenvalue weighted by Crippen LogP contribution is -2.68. The predicted molar refractivity (Wildman–Crippen MR) is 169 cm³/mol. The molecule has 50 heavy (non-hydrogen) atoms. The normalized spacial score (nSPS) is 21.1. The van der Waals surface area contributed by atoms with Gasteiger partial charge in [-0.05, 0) is 54.7 Å². The molecule has 1 saturated heterocycles. The van der Waals surface area contributed by atoms with Gasteiger partial charge in [0, 0.05) is 42.2 Å². The third-order valence-corrected chi connectivity index (χ3v) is 9.93. The molecule has 1 unspecified atom stereocenters. The number of hydrogen-bond donors (Lipinski definition) is 1. The summed E-state index contributed by atoms with van der Waals surface area (Å²) in [7, 11) is 0. The van der Waals surface area contributed by atoms with E-state index < -0.39 is 70.6 Å². The number of nitrogens with zero attached hydrogens (tertiary/aromatic N) is 3. The minimum absolute atomic E-state index is 0.0288. The number of likely N-dealkylation sites (tertiary alicyclic amines) is 1. The number of carbonyl (C=O) groups is 3. The Morgan fingerprint density at radius 3 is 2.50 bits per heavy atom. The molecule has 2 amide bonds. The molecule has 4 heterocycles. The molecule has 17 heteroatoms. The SMILES string of the molecule is CCC[C@H]1N(C(=O)c2ncccc2C(F)(F)F)CCC[C@@]1(Oc1csc(C(F)(F)F)c1)C(=O)N1CCc2cc(Cl)ccc2C1COCC(=O)O. The van der Waals surface area contributed by atoms with Crippen molar-refractivity contribution < 1.29 is 55.3 Å². The standard InChI is InChI=1S/C33H32ClF6N3O6S/c1-2-5-25-31(49-21-15-26(50-18-21)33(38,39)40,10-4-12-43(25)29(46)28-23(32(35,36)37)6-3-11-41-28)30(47)42-13-9-19-14-20(34)7-8-22(19)24(42)16-48-17-27(44)45/h3,6-8,11,14-15,18,24-25H,2,4-5,9-10,12-13,16-17H2,1H3,(H,44,45)/t24?,25-,31+/m1/s1. The molecular formula is C33H32ClF6N3O6S. The molecule has 2 aliphatic rings. The summed E-state index contributed by atoms with van der Waals surface area (Å²) in [6, 6.07) is 5.30. The summed E-state index contributed by atoms with van der Waals surface area (Å²) in [5, 5.41) is 10.7. The fourth-order valence-electron chi connectivity index (χ4n) is 6.68. The van der Waals surface area contributed by atoms with E-state index in [1.54, 1.807) is 25.1 Å². The Balaban J connectivity index is 1.64. The number of aliphatic carboxylic acids is 1. The molecule has 270 valence electrons. The molecule has 9 nitrogen and oxygen atoms in total. The third-order valence-electron chi connectivity index (χ3n) is 8.74. The second-order valence-corrected chi connectivity index (χ2v) is 13.3. The van der Waals surface area contributed by atoms with Crippen LogP contribution in [0, 0.1) is 0 Å². The average Bonchev–Trinajstić information content (AvgIpc) is 3.53. The minimum Gasteiger partial charge on any atom is -0.480 e. The molecule has 5 rings (SSSR count). The average molecular weight is 748 g/mol. The summed E-state index contributed by atoms with van der Waals surface area (Å²) >= 11 is 6.57. The molecular weight excluding hydrogens is 716 g/mol. The van der Waals surface area contributed by atoms with Crippen LogP contribution in [0.5, 0.6) is 5.75 Å². The van der Waals surface area contributed by atoms with Gasteiger partial charge < -0.3 is 24.4 Å². The molecule has 0 radical (unpaired) electrons. The molecule has 0 saturated carbocycles. The summed E-state index contributed by atoms with van der Waals surface area (Å²) < 4.78 is 94.9. The fourth-order valence-corrected chi connectivity index (χ4v) is 7.55. The lowest BCUT2D eigenvalue weighted by atomic mass is 9.78. The number of carboxylic acids is 1. The number of carbonyl (C=O) groups excluding carboxylic acids is 2. The Kier molecular flexibility index (Phi) is 11.0. The van der Waals surface area contributed by atoms with E-state index in [1.165, 1.54) is 4.90 Å². The first-order valence-corrected chi connectivity index (χ1v) is 16.9. The van der Waals surface area contributed by atoms with Crippen molar-refractivity contribution in [3.05, 3.63) is 80.3 Å². The maximum absolute atomic E-state index is 15.1. The van der Waals surface area contributed by atoms with Crippen LogP contribution in [0.25, 0.3) is 0 Å². The van der Waals surface area contributed by atoms with Crippen molar-refractivity contribution in [2.45, 2.75) is 69.1 Å². The number of rotatable bonds is 10. The number of hydrogen-bond acceptors (Lipinski definition) is 7. The van der Waals surface area contributed by atoms with E-state index in [-0.39, 0.29) is 51.1 Å². The predicted octanol–water partition coefficient (Wildman–Crippen LogP) is 7.28. The number of aromatic nitrogens is 1. The quantitative estimate of drug-likeness (QED) is 0.217. The zero-order valence-electron chi connectivity index (χ0n) is 26.5. The highest BCUT2D eigenvalue weighted by molar-refractivity contribution is 7.10. The smallest absolute Gasteiger partial charge is 0.425 e. The van der Waals surface area contributed by atoms with Gasteiger partial charge in [0.05, 0.1) is 24.3 Å². The third kappa shape index (κ3) is 7.71. The van der Waals surface area contributed by atoms with Crippen molar-refractivity contribution in [2.24, 2.45) is 0 Å². The van der Waals surface area contributed by atoms with Crippen LogP contribution in [0.1, 0.15) is 70.7 Å². The summed E-state index contributed by atoms with van der Waals surface area (Å²) in [6.07, 6.45) is -8.05.